The van der Waals surface area contributed by atoms with Gasteiger partial charge < -0.3 is 9.42 Å². The molecule has 0 bridgehead atoms. The maximum Gasteiger partial charge on any atom is 0.227 e. The molecule has 1 aliphatic heterocycles. The lowest BCUT2D eigenvalue weighted by atomic mass is 10.2. The Morgan fingerprint density at radius 1 is 1.04 bits per heavy atom. The Morgan fingerprint density at radius 2 is 1.86 bits per heavy atom. The number of rotatable bonds is 6. The van der Waals surface area contributed by atoms with E-state index >= 15 is 0 Å². The number of aryl methyl sites for hydroxylation is 1. The van der Waals surface area contributed by atoms with Gasteiger partial charge in [0, 0.05) is 63.5 Å². The molecule has 1 saturated heterocycles. The number of carbonyl (C=O) groups excluding carboxylic acids is 1. The van der Waals surface area contributed by atoms with Crippen molar-refractivity contribution in [1.29, 1.82) is 0 Å². The molecular weight excluding hydrogens is 354 g/mol. The third-order valence-corrected chi connectivity index (χ3v) is 4.91. The zero-order chi connectivity index (χ0) is 19.2. The van der Waals surface area contributed by atoms with Crippen LogP contribution in [-0.4, -0.2) is 57.0 Å². The van der Waals surface area contributed by atoms with Crippen molar-refractivity contribution in [1.82, 2.24) is 24.9 Å². The summed E-state index contributed by atoms with van der Waals surface area (Å²) in [6.07, 6.45) is 4.22. The zero-order valence-electron chi connectivity index (χ0n) is 15.7. The molecule has 3 aromatic rings. The molecule has 4 rings (SSSR count). The van der Waals surface area contributed by atoms with E-state index in [4.69, 9.17) is 4.52 Å². The van der Waals surface area contributed by atoms with Gasteiger partial charge in [0.25, 0.3) is 0 Å². The molecule has 7 nitrogen and oxygen atoms in total. The average molecular weight is 377 g/mol. The van der Waals surface area contributed by atoms with Crippen molar-refractivity contribution < 1.29 is 9.32 Å². The second-order valence-electron chi connectivity index (χ2n) is 6.90. The maximum atomic E-state index is 12.5. The molecule has 0 saturated carbocycles. The summed E-state index contributed by atoms with van der Waals surface area (Å²) in [5.74, 6) is 1.13. The van der Waals surface area contributed by atoms with Crippen LogP contribution in [0.2, 0.25) is 0 Å². The molecule has 7 heteroatoms. The van der Waals surface area contributed by atoms with Gasteiger partial charge in [0.15, 0.2) is 0 Å². The van der Waals surface area contributed by atoms with Gasteiger partial charge in [-0.15, -0.1) is 0 Å². The van der Waals surface area contributed by atoms with Crippen molar-refractivity contribution in [2.75, 3.05) is 26.2 Å². The van der Waals surface area contributed by atoms with E-state index in [-0.39, 0.29) is 5.91 Å². The van der Waals surface area contributed by atoms with Crippen LogP contribution in [0.15, 0.2) is 59.4 Å². The monoisotopic (exact) mass is 377 g/mol. The third-order valence-electron chi connectivity index (χ3n) is 4.91. The number of hydrogen-bond donors (Lipinski definition) is 0. The second kappa shape index (κ2) is 8.75. The lowest BCUT2D eigenvalue weighted by Crippen LogP contribution is -2.48. The van der Waals surface area contributed by atoms with Crippen molar-refractivity contribution in [3.63, 3.8) is 0 Å². The zero-order valence-corrected chi connectivity index (χ0v) is 15.7. The first-order chi connectivity index (χ1) is 13.8. The van der Waals surface area contributed by atoms with Crippen molar-refractivity contribution in [2.24, 2.45) is 0 Å². The highest BCUT2D eigenvalue weighted by Gasteiger charge is 2.21. The minimum atomic E-state index is 0.139. The summed E-state index contributed by atoms with van der Waals surface area (Å²) in [7, 11) is 0. The maximum absolute atomic E-state index is 12.5. The van der Waals surface area contributed by atoms with E-state index < -0.39 is 0 Å². The summed E-state index contributed by atoms with van der Waals surface area (Å²) >= 11 is 0. The number of amides is 1. The first-order valence-electron chi connectivity index (χ1n) is 9.55. The molecule has 144 valence electrons. The van der Waals surface area contributed by atoms with E-state index in [0.29, 0.717) is 24.6 Å². The van der Waals surface area contributed by atoms with E-state index in [1.165, 1.54) is 5.56 Å². The smallest absolute Gasteiger partial charge is 0.227 e. The van der Waals surface area contributed by atoms with E-state index in [9.17, 15) is 4.79 Å². The molecule has 0 aliphatic carbocycles. The molecule has 0 spiro atoms. The molecular formula is C21H23N5O2. The topological polar surface area (TPSA) is 75.4 Å². The second-order valence-corrected chi connectivity index (χ2v) is 6.90. The van der Waals surface area contributed by atoms with Crippen LogP contribution in [0, 0.1) is 0 Å². The highest BCUT2D eigenvalue weighted by atomic mass is 16.5. The summed E-state index contributed by atoms with van der Waals surface area (Å²) in [6.45, 7) is 4.24. The van der Waals surface area contributed by atoms with Crippen molar-refractivity contribution >= 4 is 5.91 Å². The van der Waals surface area contributed by atoms with Crippen molar-refractivity contribution in [3.05, 3.63) is 66.3 Å². The van der Waals surface area contributed by atoms with E-state index in [0.717, 1.165) is 38.3 Å². The lowest BCUT2D eigenvalue weighted by molar-refractivity contribution is -0.133. The fourth-order valence-corrected chi connectivity index (χ4v) is 3.34. The fourth-order valence-electron chi connectivity index (χ4n) is 3.34. The van der Waals surface area contributed by atoms with E-state index in [2.05, 4.69) is 44.3 Å². The highest BCUT2D eigenvalue weighted by molar-refractivity contribution is 5.76. The number of hydrogen-bond acceptors (Lipinski definition) is 6. The van der Waals surface area contributed by atoms with Gasteiger partial charge in [0.1, 0.15) is 0 Å². The van der Waals surface area contributed by atoms with Gasteiger partial charge in [-0.05, 0) is 17.7 Å². The first kappa shape index (κ1) is 18.3. The fraction of sp³-hybridized carbons (Fsp3) is 0.333. The first-order valence-corrected chi connectivity index (χ1v) is 9.55. The lowest BCUT2D eigenvalue weighted by Gasteiger charge is -2.34. The van der Waals surface area contributed by atoms with Crippen molar-refractivity contribution in [3.8, 4) is 11.4 Å². The van der Waals surface area contributed by atoms with E-state index in [1.807, 2.05) is 23.1 Å². The van der Waals surface area contributed by atoms with E-state index in [1.54, 1.807) is 12.4 Å². The van der Waals surface area contributed by atoms with Gasteiger partial charge in [-0.1, -0.05) is 35.5 Å². The van der Waals surface area contributed by atoms with Crippen LogP contribution in [0.5, 0.6) is 0 Å². The molecule has 0 N–H and O–H groups in total. The Kier molecular flexibility index (Phi) is 5.72. The number of nitrogens with zero attached hydrogens (tertiary/aromatic N) is 5. The number of piperazine rings is 1. The van der Waals surface area contributed by atoms with Crippen LogP contribution in [0.25, 0.3) is 11.4 Å². The molecule has 3 heterocycles. The Labute approximate surface area is 164 Å². The molecule has 1 fully saturated rings. The molecule has 2 aromatic heterocycles. The summed E-state index contributed by atoms with van der Waals surface area (Å²) in [4.78, 5) is 25.2. The van der Waals surface area contributed by atoms with Crippen LogP contribution in [0.1, 0.15) is 17.9 Å². The predicted octanol–water partition coefficient (Wildman–Crippen LogP) is 2.41. The van der Waals surface area contributed by atoms with Crippen LogP contribution in [0.4, 0.5) is 0 Å². The normalized spacial score (nSPS) is 14.9. The van der Waals surface area contributed by atoms with Gasteiger partial charge >= 0.3 is 0 Å². The summed E-state index contributed by atoms with van der Waals surface area (Å²) in [5.41, 5.74) is 2.11. The van der Waals surface area contributed by atoms with Gasteiger partial charge in [0.05, 0.1) is 0 Å². The standard InChI is InChI=1S/C21H23N5O2/c27-20(9-8-19-23-21(24-28-19)18-7-4-10-22-15-18)26-13-11-25(12-14-26)16-17-5-2-1-3-6-17/h1-7,10,15H,8-9,11-14,16H2. The molecule has 0 unspecified atom stereocenters. The summed E-state index contributed by atoms with van der Waals surface area (Å²) < 4.78 is 5.27. The molecule has 1 aliphatic rings. The van der Waals surface area contributed by atoms with Gasteiger partial charge in [0.2, 0.25) is 17.6 Å². The van der Waals surface area contributed by atoms with Gasteiger partial charge in [-0.3, -0.25) is 14.7 Å². The molecule has 0 atom stereocenters. The molecule has 28 heavy (non-hydrogen) atoms. The van der Waals surface area contributed by atoms with Crippen LogP contribution in [0.3, 0.4) is 0 Å². The Bertz CT molecular complexity index is 889. The van der Waals surface area contributed by atoms with Crippen LogP contribution < -0.4 is 0 Å². The SMILES string of the molecule is O=C(CCc1nc(-c2cccnc2)no1)N1CCN(Cc2ccccc2)CC1. The molecule has 1 amide bonds. The Hall–Kier alpha value is -3.06. The largest absolute Gasteiger partial charge is 0.340 e. The quantitative estimate of drug-likeness (QED) is 0.657. The number of carbonyl (C=O) groups is 1. The highest BCUT2D eigenvalue weighted by Crippen LogP contribution is 2.15. The molecule has 0 radical (unpaired) electrons. The van der Waals surface area contributed by atoms with Crippen LogP contribution in [-0.2, 0) is 17.8 Å². The van der Waals surface area contributed by atoms with Crippen molar-refractivity contribution in [2.45, 2.75) is 19.4 Å². The number of benzene rings is 1. The van der Waals surface area contributed by atoms with Gasteiger partial charge in [-0.25, -0.2) is 0 Å². The Balaban J connectivity index is 1.23. The van der Waals surface area contributed by atoms with Crippen LogP contribution >= 0.6 is 0 Å². The summed E-state index contributed by atoms with van der Waals surface area (Å²) in [6, 6.07) is 14.1. The average Bonchev–Trinajstić information content (AvgIpc) is 3.23. The van der Waals surface area contributed by atoms with Gasteiger partial charge in [-0.2, -0.15) is 4.98 Å². The molecule has 1 aromatic carbocycles. The number of aromatic nitrogens is 3. The summed E-state index contributed by atoms with van der Waals surface area (Å²) in [5, 5.41) is 3.97. The number of pyridine rings is 1. The minimum Gasteiger partial charge on any atom is -0.340 e. The predicted molar refractivity (Wildman–Crippen MR) is 104 cm³/mol. The Morgan fingerprint density at radius 3 is 2.61 bits per heavy atom. The third kappa shape index (κ3) is 4.61. The minimum absolute atomic E-state index is 0.139.